The van der Waals surface area contributed by atoms with Gasteiger partial charge in [0.05, 0.1) is 9.90 Å². The zero-order valence-corrected chi connectivity index (χ0v) is 9.02. The quantitative estimate of drug-likeness (QED) is 0.571. The summed E-state index contributed by atoms with van der Waals surface area (Å²) in [6.45, 7) is 0. The van der Waals surface area contributed by atoms with Crippen molar-refractivity contribution >= 4 is 28.7 Å². The Morgan fingerprint density at radius 1 is 1.62 bits per heavy atom. The first kappa shape index (κ1) is 10.3. The largest absolute Gasteiger partial charge is 0.383 e. The summed E-state index contributed by atoms with van der Waals surface area (Å²) in [7, 11) is 3.73. The smallest absolute Gasteiger partial charge is 0.197 e. The lowest BCUT2D eigenvalue weighted by Crippen LogP contribution is -2.02. The number of rotatable bonds is 3. The van der Waals surface area contributed by atoms with Crippen molar-refractivity contribution in [2.45, 2.75) is 0 Å². The van der Waals surface area contributed by atoms with Gasteiger partial charge in [-0.15, -0.1) is 11.3 Å². The minimum atomic E-state index is -0.00870. The zero-order chi connectivity index (χ0) is 9.84. The Hall–Kier alpha value is -0.800. The van der Waals surface area contributed by atoms with Crippen LogP contribution in [0.15, 0.2) is 23.7 Å². The Kier molecular flexibility index (Phi) is 3.51. The number of carbonyl (C=O) groups excluding carboxylic acids is 1. The lowest BCUT2D eigenvalue weighted by atomic mass is 10.3. The summed E-state index contributed by atoms with van der Waals surface area (Å²) in [4.78, 5) is 13.9. The molecule has 0 N–H and O–H groups in total. The van der Waals surface area contributed by atoms with E-state index in [1.54, 1.807) is 17.6 Å². The maximum Gasteiger partial charge on any atom is 0.197 e. The molecule has 13 heavy (non-hydrogen) atoms. The van der Waals surface area contributed by atoms with Gasteiger partial charge in [-0.1, -0.05) is 11.6 Å². The Balaban J connectivity index is 2.69. The number of allylic oxidation sites excluding steroid dienone is 1. The molecule has 2 nitrogen and oxygen atoms in total. The lowest BCUT2D eigenvalue weighted by molar-refractivity contribution is 0.104. The molecule has 1 aromatic rings. The second-order valence-electron chi connectivity index (χ2n) is 2.77. The van der Waals surface area contributed by atoms with Gasteiger partial charge < -0.3 is 4.90 Å². The van der Waals surface area contributed by atoms with E-state index < -0.39 is 0 Å². The first-order valence-electron chi connectivity index (χ1n) is 3.72. The van der Waals surface area contributed by atoms with Crippen molar-refractivity contribution in [1.82, 2.24) is 4.90 Å². The molecule has 0 aliphatic heterocycles. The Morgan fingerprint density at radius 3 is 2.77 bits per heavy atom. The molecule has 0 unspecified atom stereocenters. The summed E-state index contributed by atoms with van der Waals surface area (Å²) < 4.78 is 0. The highest BCUT2D eigenvalue weighted by Crippen LogP contribution is 2.19. The Labute approximate surface area is 86.4 Å². The van der Waals surface area contributed by atoms with E-state index in [0.29, 0.717) is 9.90 Å². The number of ketones is 1. The highest BCUT2D eigenvalue weighted by atomic mass is 35.5. The highest BCUT2D eigenvalue weighted by molar-refractivity contribution is 7.12. The van der Waals surface area contributed by atoms with Gasteiger partial charge in [0.25, 0.3) is 0 Å². The fraction of sp³-hybridized carbons (Fsp3) is 0.222. The molecule has 1 heterocycles. The standard InChI is InChI=1S/C9H10ClNOS/c1-11(2)4-3-8(12)9-5-7(10)6-13-9/h3-6H,1-2H3. The van der Waals surface area contributed by atoms with Gasteiger partial charge in [0.2, 0.25) is 0 Å². The second kappa shape index (κ2) is 4.44. The van der Waals surface area contributed by atoms with Crippen LogP contribution in [-0.4, -0.2) is 24.8 Å². The van der Waals surface area contributed by atoms with Crippen molar-refractivity contribution < 1.29 is 4.79 Å². The molecule has 1 aromatic heterocycles. The SMILES string of the molecule is CN(C)C=CC(=O)c1cc(Cl)cs1. The van der Waals surface area contributed by atoms with Crippen LogP contribution in [0.3, 0.4) is 0 Å². The molecule has 0 aliphatic carbocycles. The summed E-state index contributed by atoms with van der Waals surface area (Å²) >= 11 is 7.05. The fourth-order valence-electron chi connectivity index (χ4n) is 0.741. The van der Waals surface area contributed by atoms with Crippen molar-refractivity contribution in [2.24, 2.45) is 0 Å². The molecule has 70 valence electrons. The Morgan fingerprint density at radius 2 is 2.31 bits per heavy atom. The van der Waals surface area contributed by atoms with Gasteiger partial charge in [-0.25, -0.2) is 0 Å². The monoisotopic (exact) mass is 215 g/mol. The molecule has 0 spiro atoms. The van der Waals surface area contributed by atoms with Crippen LogP contribution in [0.25, 0.3) is 0 Å². The van der Waals surface area contributed by atoms with E-state index >= 15 is 0 Å². The van der Waals surface area contributed by atoms with Crippen LogP contribution in [0.2, 0.25) is 5.02 Å². The molecule has 0 amide bonds. The van der Waals surface area contributed by atoms with Gasteiger partial charge in [0, 0.05) is 31.8 Å². The average molecular weight is 216 g/mol. The zero-order valence-electron chi connectivity index (χ0n) is 7.45. The van der Waals surface area contributed by atoms with Crippen molar-refractivity contribution in [2.75, 3.05) is 14.1 Å². The molecule has 0 saturated heterocycles. The summed E-state index contributed by atoms with van der Waals surface area (Å²) in [5.74, 6) is -0.00870. The molecule has 0 saturated carbocycles. The summed E-state index contributed by atoms with van der Waals surface area (Å²) in [6, 6.07) is 1.68. The summed E-state index contributed by atoms with van der Waals surface area (Å²) in [6.07, 6.45) is 3.25. The molecule has 0 atom stereocenters. The first-order chi connectivity index (χ1) is 6.09. The summed E-state index contributed by atoms with van der Waals surface area (Å²) in [5.41, 5.74) is 0. The van der Waals surface area contributed by atoms with Crippen LogP contribution in [0, 0.1) is 0 Å². The van der Waals surface area contributed by atoms with Gasteiger partial charge in [-0.3, -0.25) is 4.79 Å². The third-order valence-electron chi connectivity index (χ3n) is 1.33. The van der Waals surface area contributed by atoms with Gasteiger partial charge in [-0.05, 0) is 6.07 Å². The van der Waals surface area contributed by atoms with Gasteiger partial charge in [-0.2, -0.15) is 0 Å². The van der Waals surface area contributed by atoms with Crippen LogP contribution < -0.4 is 0 Å². The molecule has 0 aliphatic rings. The molecule has 0 fully saturated rings. The minimum absolute atomic E-state index is 0.00870. The second-order valence-corrected chi connectivity index (χ2v) is 4.12. The predicted octanol–water partition coefficient (Wildman–Crippen LogP) is 2.66. The van der Waals surface area contributed by atoms with Crippen molar-refractivity contribution in [3.05, 3.63) is 33.6 Å². The maximum absolute atomic E-state index is 11.4. The fourth-order valence-corrected chi connectivity index (χ4v) is 1.74. The van der Waals surface area contributed by atoms with E-state index in [2.05, 4.69) is 0 Å². The highest BCUT2D eigenvalue weighted by Gasteiger charge is 2.04. The molecular formula is C9H10ClNOS. The molecule has 0 aromatic carbocycles. The summed E-state index contributed by atoms with van der Waals surface area (Å²) in [5, 5.41) is 2.37. The number of hydrogen-bond acceptors (Lipinski definition) is 3. The molecular weight excluding hydrogens is 206 g/mol. The van der Waals surface area contributed by atoms with E-state index in [4.69, 9.17) is 11.6 Å². The van der Waals surface area contributed by atoms with Crippen LogP contribution in [0.5, 0.6) is 0 Å². The lowest BCUT2D eigenvalue weighted by Gasteiger charge is -2.01. The first-order valence-corrected chi connectivity index (χ1v) is 4.98. The average Bonchev–Trinajstić information content (AvgIpc) is 2.47. The van der Waals surface area contributed by atoms with E-state index in [-0.39, 0.29) is 5.78 Å². The third-order valence-corrected chi connectivity index (χ3v) is 2.63. The van der Waals surface area contributed by atoms with Gasteiger partial charge >= 0.3 is 0 Å². The van der Waals surface area contributed by atoms with E-state index in [1.807, 2.05) is 19.0 Å². The third kappa shape index (κ3) is 3.20. The van der Waals surface area contributed by atoms with Gasteiger partial charge in [0.1, 0.15) is 0 Å². The number of hydrogen-bond donors (Lipinski definition) is 0. The van der Waals surface area contributed by atoms with E-state index in [1.165, 1.54) is 17.4 Å². The van der Waals surface area contributed by atoms with Crippen molar-refractivity contribution in [3.63, 3.8) is 0 Å². The van der Waals surface area contributed by atoms with Crippen molar-refractivity contribution in [1.29, 1.82) is 0 Å². The number of halogens is 1. The topological polar surface area (TPSA) is 20.3 Å². The van der Waals surface area contributed by atoms with Gasteiger partial charge in [0.15, 0.2) is 5.78 Å². The van der Waals surface area contributed by atoms with Crippen LogP contribution in [0.1, 0.15) is 9.67 Å². The molecule has 4 heteroatoms. The van der Waals surface area contributed by atoms with Crippen LogP contribution in [0.4, 0.5) is 0 Å². The molecule has 1 rings (SSSR count). The normalized spacial score (nSPS) is 10.7. The number of thiophene rings is 1. The van der Waals surface area contributed by atoms with Crippen molar-refractivity contribution in [3.8, 4) is 0 Å². The van der Waals surface area contributed by atoms with E-state index in [0.717, 1.165) is 0 Å². The number of carbonyl (C=O) groups is 1. The number of nitrogens with zero attached hydrogens (tertiary/aromatic N) is 1. The molecule has 0 bridgehead atoms. The van der Waals surface area contributed by atoms with Crippen LogP contribution >= 0.6 is 22.9 Å². The Bertz CT molecular complexity index is 330. The van der Waals surface area contributed by atoms with E-state index in [9.17, 15) is 4.79 Å². The minimum Gasteiger partial charge on any atom is -0.383 e. The predicted molar refractivity (Wildman–Crippen MR) is 56.5 cm³/mol. The maximum atomic E-state index is 11.4. The molecule has 0 radical (unpaired) electrons. The van der Waals surface area contributed by atoms with Crippen LogP contribution in [-0.2, 0) is 0 Å².